The number of halogens is 1. The van der Waals surface area contributed by atoms with E-state index in [-0.39, 0.29) is 5.56 Å². The molecule has 1 fully saturated rings. The van der Waals surface area contributed by atoms with Crippen molar-refractivity contribution in [1.82, 2.24) is 10.6 Å². The number of carbonyl (C=O) groups excluding carboxylic acids is 1. The normalized spacial score (nSPS) is 14.9. The van der Waals surface area contributed by atoms with Crippen LogP contribution in [-0.2, 0) is 0 Å². The Bertz CT molecular complexity index is 488. The third-order valence-corrected chi connectivity index (χ3v) is 2.82. The molecule has 1 aliphatic rings. The van der Waals surface area contributed by atoms with Crippen molar-refractivity contribution in [3.05, 3.63) is 39.7 Å². The van der Waals surface area contributed by atoms with E-state index in [1.165, 1.54) is 0 Å². The third kappa shape index (κ3) is 2.62. The molecule has 2 N–H and O–H groups in total. The molecule has 7 heteroatoms. The van der Waals surface area contributed by atoms with Crippen LogP contribution in [0.4, 0.5) is 10.1 Å². The topological polar surface area (TPSA) is 84.3 Å². The van der Waals surface area contributed by atoms with E-state index >= 15 is 0 Å². The summed E-state index contributed by atoms with van der Waals surface area (Å²) in [5.74, 6) is -0.927. The molecule has 96 valence electrons. The van der Waals surface area contributed by atoms with Crippen molar-refractivity contribution in [2.75, 3.05) is 19.6 Å². The second kappa shape index (κ2) is 5.09. The van der Waals surface area contributed by atoms with Crippen molar-refractivity contribution in [2.45, 2.75) is 0 Å². The van der Waals surface area contributed by atoms with Gasteiger partial charge in [-0.2, -0.15) is 0 Å². The highest BCUT2D eigenvalue weighted by Gasteiger charge is 2.23. The van der Waals surface area contributed by atoms with Gasteiger partial charge in [-0.25, -0.2) is 4.39 Å². The number of nitro benzene ring substituents is 1. The first-order chi connectivity index (χ1) is 8.58. The summed E-state index contributed by atoms with van der Waals surface area (Å²) in [7, 11) is 0. The summed E-state index contributed by atoms with van der Waals surface area (Å²) < 4.78 is 12.9. The number of rotatable bonds is 4. The van der Waals surface area contributed by atoms with E-state index in [9.17, 15) is 19.3 Å². The Morgan fingerprint density at radius 3 is 2.83 bits per heavy atom. The minimum Gasteiger partial charge on any atom is -0.351 e. The van der Waals surface area contributed by atoms with Gasteiger partial charge in [-0.3, -0.25) is 14.9 Å². The molecule has 0 spiro atoms. The van der Waals surface area contributed by atoms with Crippen LogP contribution in [0.25, 0.3) is 0 Å². The van der Waals surface area contributed by atoms with Gasteiger partial charge in [-0.15, -0.1) is 0 Å². The van der Waals surface area contributed by atoms with E-state index in [0.29, 0.717) is 12.5 Å². The third-order valence-electron chi connectivity index (χ3n) is 2.82. The quantitative estimate of drug-likeness (QED) is 0.610. The van der Waals surface area contributed by atoms with E-state index in [0.717, 1.165) is 31.3 Å². The first-order valence-corrected chi connectivity index (χ1v) is 5.51. The van der Waals surface area contributed by atoms with Gasteiger partial charge in [-0.05, 0) is 12.1 Å². The van der Waals surface area contributed by atoms with Crippen molar-refractivity contribution in [3.63, 3.8) is 0 Å². The van der Waals surface area contributed by atoms with Gasteiger partial charge in [0.05, 0.1) is 11.0 Å². The van der Waals surface area contributed by atoms with Gasteiger partial charge in [0.1, 0.15) is 11.4 Å². The fraction of sp³-hybridized carbons (Fsp3) is 0.364. The zero-order valence-corrected chi connectivity index (χ0v) is 9.48. The van der Waals surface area contributed by atoms with Crippen LogP contribution < -0.4 is 10.6 Å². The molecule has 6 nitrogen and oxygen atoms in total. The molecule has 0 aliphatic carbocycles. The predicted molar refractivity (Wildman–Crippen MR) is 61.7 cm³/mol. The van der Waals surface area contributed by atoms with E-state index in [1.807, 2.05) is 0 Å². The molecule has 1 saturated heterocycles. The molecule has 0 radical (unpaired) electrons. The van der Waals surface area contributed by atoms with E-state index in [2.05, 4.69) is 10.6 Å². The standard InChI is InChI=1S/C11H12FN3O3/c12-8-1-2-9(10(3-8)15(17)18)11(16)14-6-7-4-13-5-7/h1-3,7,13H,4-6H2,(H,14,16). The molecule has 1 heterocycles. The number of nitro groups is 1. The monoisotopic (exact) mass is 253 g/mol. The molecular weight excluding hydrogens is 241 g/mol. The van der Waals surface area contributed by atoms with Gasteiger partial charge < -0.3 is 10.6 Å². The Labute approximate surface area is 102 Å². The lowest BCUT2D eigenvalue weighted by Gasteiger charge is -2.27. The molecule has 2 rings (SSSR count). The van der Waals surface area contributed by atoms with Gasteiger partial charge in [0.15, 0.2) is 0 Å². The molecule has 1 aromatic rings. The van der Waals surface area contributed by atoms with Crippen molar-refractivity contribution in [1.29, 1.82) is 0 Å². The van der Waals surface area contributed by atoms with Crippen LogP contribution in [0.15, 0.2) is 18.2 Å². The molecular formula is C11H12FN3O3. The fourth-order valence-electron chi connectivity index (χ4n) is 1.67. The first kappa shape index (κ1) is 12.4. The number of hydrogen-bond donors (Lipinski definition) is 2. The van der Waals surface area contributed by atoms with E-state index in [4.69, 9.17) is 0 Å². The first-order valence-electron chi connectivity index (χ1n) is 5.51. The van der Waals surface area contributed by atoms with Crippen molar-refractivity contribution in [3.8, 4) is 0 Å². The maximum Gasteiger partial charge on any atom is 0.285 e. The molecule has 0 unspecified atom stereocenters. The summed E-state index contributed by atoms with van der Waals surface area (Å²) in [4.78, 5) is 21.7. The summed E-state index contributed by atoms with van der Waals surface area (Å²) in [6, 6.07) is 2.91. The number of hydrogen-bond acceptors (Lipinski definition) is 4. The van der Waals surface area contributed by atoms with E-state index in [1.54, 1.807) is 0 Å². The lowest BCUT2D eigenvalue weighted by molar-refractivity contribution is -0.385. The molecule has 1 amide bonds. The molecule has 1 aromatic carbocycles. The minimum atomic E-state index is -0.761. The van der Waals surface area contributed by atoms with Crippen LogP contribution in [0, 0.1) is 21.8 Å². The second-order valence-corrected chi connectivity index (χ2v) is 4.15. The van der Waals surface area contributed by atoms with Gasteiger partial charge in [-0.1, -0.05) is 0 Å². The highest BCUT2D eigenvalue weighted by molar-refractivity contribution is 5.98. The number of amides is 1. The van der Waals surface area contributed by atoms with Crippen LogP contribution in [0.3, 0.4) is 0 Å². The Morgan fingerprint density at radius 2 is 2.28 bits per heavy atom. The average Bonchev–Trinajstić information content (AvgIpc) is 2.26. The fourth-order valence-corrected chi connectivity index (χ4v) is 1.67. The van der Waals surface area contributed by atoms with Crippen molar-refractivity contribution < 1.29 is 14.1 Å². The zero-order valence-electron chi connectivity index (χ0n) is 9.48. The summed E-state index contributed by atoms with van der Waals surface area (Å²) >= 11 is 0. The van der Waals surface area contributed by atoms with Gasteiger partial charge in [0.2, 0.25) is 0 Å². The average molecular weight is 253 g/mol. The summed E-state index contributed by atoms with van der Waals surface area (Å²) in [5, 5.41) is 16.4. The zero-order chi connectivity index (χ0) is 13.1. The van der Waals surface area contributed by atoms with Crippen molar-refractivity contribution in [2.24, 2.45) is 5.92 Å². The van der Waals surface area contributed by atoms with Crippen molar-refractivity contribution >= 4 is 11.6 Å². The number of carbonyl (C=O) groups is 1. The predicted octanol–water partition coefficient (Wildman–Crippen LogP) is 0.683. The second-order valence-electron chi connectivity index (χ2n) is 4.15. The summed E-state index contributed by atoms with van der Waals surface area (Å²) in [6.45, 7) is 2.11. The van der Waals surface area contributed by atoms with Gasteiger partial charge in [0, 0.05) is 25.6 Å². The molecule has 1 aliphatic heterocycles. The van der Waals surface area contributed by atoms with Crippen LogP contribution in [-0.4, -0.2) is 30.5 Å². The van der Waals surface area contributed by atoms with Gasteiger partial charge in [0.25, 0.3) is 11.6 Å². The number of benzene rings is 1. The molecule has 0 aromatic heterocycles. The summed E-state index contributed by atoms with van der Waals surface area (Å²) in [5.41, 5.74) is -0.632. The smallest absolute Gasteiger partial charge is 0.285 e. The Kier molecular flexibility index (Phi) is 3.52. The Hall–Kier alpha value is -2.02. The maximum absolute atomic E-state index is 12.9. The molecule has 0 atom stereocenters. The van der Waals surface area contributed by atoms with Crippen LogP contribution in [0.2, 0.25) is 0 Å². The largest absolute Gasteiger partial charge is 0.351 e. The Morgan fingerprint density at radius 1 is 1.56 bits per heavy atom. The number of nitrogens with one attached hydrogen (secondary N) is 2. The lowest BCUT2D eigenvalue weighted by Crippen LogP contribution is -2.48. The molecule has 0 bridgehead atoms. The maximum atomic E-state index is 12.9. The lowest BCUT2D eigenvalue weighted by atomic mass is 10.0. The summed E-state index contributed by atoms with van der Waals surface area (Å²) in [6.07, 6.45) is 0. The van der Waals surface area contributed by atoms with Gasteiger partial charge >= 0.3 is 0 Å². The Balaban J connectivity index is 2.10. The highest BCUT2D eigenvalue weighted by atomic mass is 19.1. The number of nitrogens with zero attached hydrogens (tertiary/aromatic N) is 1. The molecule has 0 saturated carbocycles. The van der Waals surface area contributed by atoms with Crippen LogP contribution >= 0.6 is 0 Å². The van der Waals surface area contributed by atoms with Crippen LogP contribution in [0.5, 0.6) is 0 Å². The minimum absolute atomic E-state index is 0.117. The van der Waals surface area contributed by atoms with E-state index < -0.39 is 22.3 Å². The van der Waals surface area contributed by atoms with Crippen LogP contribution in [0.1, 0.15) is 10.4 Å². The SMILES string of the molecule is O=C(NCC1CNC1)c1ccc(F)cc1[N+](=O)[O-]. The molecule has 18 heavy (non-hydrogen) atoms. The highest BCUT2D eigenvalue weighted by Crippen LogP contribution is 2.19.